The van der Waals surface area contributed by atoms with Gasteiger partial charge in [-0.05, 0) is 23.4 Å². The fourth-order valence-electron chi connectivity index (χ4n) is 3.62. The Hall–Kier alpha value is -4.23. The lowest BCUT2D eigenvalue weighted by atomic mass is 10.3. The largest absolute Gasteiger partial charge is 0.456 e. The molecule has 0 aliphatic rings. The highest BCUT2D eigenvalue weighted by Gasteiger charge is 2.20. The van der Waals surface area contributed by atoms with Crippen molar-refractivity contribution in [2.45, 2.75) is 13.5 Å². The first-order valence-corrected chi connectivity index (χ1v) is 12.2. The van der Waals surface area contributed by atoms with Crippen molar-refractivity contribution in [3.05, 3.63) is 59.1 Å². The molecule has 11 nitrogen and oxygen atoms in total. The molecule has 0 saturated carbocycles. The Kier molecular flexibility index (Phi) is 8.38. The van der Waals surface area contributed by atoms with Crippen LogP contribution >= 0.6 is 11.3 Å². The van der Waals surface area contributed by atoms with E-state index in [2.05, 4.69) is 15.1 Å². The zero-order chi connectivity index (χ0) is 27.2. The molecular weight excluding hydrogens is 517 g/mol. The summed E-state index contributed by atoms with van der Waals surface area (Å²) in [7, 11) is 3.37. The number of hydrogen-bond donors (Lipinski definition) is 0. The second-order valence-electron chi connectivity index (χ2n) is 8.16. The summed E-state index contributed by atoms with van der Waals surface area (Å²) >= 11 is 1.37. The van der Waals surface area contributed by atoms with Crippen LogP contribution in [0.4, 0.5) is 10.1 Å². The first-order chi connectivity index (χ1) is 18.3. The van der Waals surface area contributed by atoms with Crippen LogP contribution in [0.25, 0.3) is 20.9 Å². The van der Waals surface area contributed by atoms with Crippen molar-refractivity contribution in [3.8, 4) is 22.2 Å². The number of halogens is 1. The van der Waals surface area contributed by atoms with Gasteiger partial charge in [-0.1, -0.05) is 0 Å². The standard InChI is InChI=1S/C25H24FN5O6S/c1-15(32)36-14-23(33)31(8-9-35-3)13-17-12-28-25(30(17)2)22-11-19-24(38-22)21(6-7-27-19)37-20-5-4-16(29-34)10-18(20)26/h4-7,10-12H,8-9,13-14H2,1-3H3. The molecule has 3 heterocycles. The minimum Gasteiger partial charge on any atom is -0.456 e. The predicted molar refractivity (Wildman–Crippen MR) is 138 cm³/mol. The molecule has 0 bridgehead atoms. The average Bonchev–Trinajstić information content (AvgIpc) is 3.49. The van der Waals surface area contributed by atoms with E-state index < -0.39 is 11.8 Å². The minimum atomic E-state index is -0.709. The number of carbonyl (C=O) groups excluding carboxylic acids is 2. The molecule has 0 aliphatic heterocycles. The van der Waals surface area contributed by atoms with Crippen LogP contribution < -0.4 is 4.74 Å². The Morgan fingerprint density at radius 2 is 2.00 bits per heavy atom. The molecular formula is C25H24FN5O6S. The summed E-state index contributed by atoms with van der Waals surface area (Å²) in [6.45, 7) is 1.74. The fraction of sp³-hybridized carbons (Fsp3) is 0.280. The molecule has 4 aromatic rings. The first kappa shape index (κ1) is 26.8. The molecule has 0 unspecified atom stereocenters. The summed E-state index contributed by atoms with van der Waals surface area (Å²) in [4.78, 5) is 45.6. The Morgan fingerprint density at radius 3 is 2.71 bits per heavy atom. The number of imidazole rings is 1. The van der Waals surface area contributed by atoms with Gasteiger partial charge in [0.1, 0.15) is 17.3 Å². The van der Waals surface area contributed by atoms with Crippen LogP contribution in [0.5, 0.6) is 11.5 Å². The van der Waals surface area contributed by atoms with Gasteiger partial charge >= 0.3 is 5.97 Å². The van der Waals surface area contributed by atoms with E-state index in [1.54, 1.807) is 18.5 Å². The normalized spacial score (nSPS) is 10.9. The quantitative estimate of drug-likeness (QED) is 0.200. The van der Waals surface area contributed by atoms with Gasteiger partial charge in [0.2, 0.25) is 0 Å². The van der Waals surface area contributed by atoms with Crippen molar-refractivity contribution < 1.29 is 28.2 Å². The molecule has 13 heteroatoms. The Labute approximate surface area is 220 Å². The van der Waals surface area contributed by atoms with Gasteiger partial charge in [0.05, 0.1) is 40.1 Å². The highest BCUT2D eigenvalue weighted by Crippen LogP contribution is 2.39. The second kappa shape index (κ2) is 11.9. The number of ether oxygens (including phenoxy) is 3. The topological polar surface area (TPSA) is 125 Å². The number of nitroso groups, excluding NO2 is 1. The number of fused-ring (bicyclic) bond motifs is 1. The zero-order valence-electron chi connectivity index (χ0n) is 20.8. The number of pyridine rings is 1. The summed E-state index contributed by atoms with van der Waals surface area (Å²) in [5.74, 6) is -0.606. The van der Waals surface area contributed by atoms with Crippen molar-refractivity contribution in [3.63, 3.8) is 0 Å². The van der Waals surface area contributed by atoms with Crippen molar-refractivity contribution >= 4 is 39.1 Å². The van der Waals surface area contributed by atoms with Crippen LogP contribution in [-0.4, -0.2) is 58.2 Å². The third-order valence-electron chi connectivity index (χ3n) is 5.59. The average molecular weight is 542 g/mol. The maximum absolute atomic E-state index is 14.4. The molecule has 4 rings (SSSR count). The van der Waals surface area contributed by atoms with E-state index in [4.69, 9.17) is 14.2 Å². The third kappa shape index (κ3) is 6.01. The smallest absolute Gasteiger partial charge is 0.303 e. The Morgan fingerprint density at radius 1 is 1.18 bits per heavy atom. The van der Waals surface area contributed by atoms with Crippen LogP contribution in [0, 0.1) is 10.7 Å². The summed E-state index contributed by atoms with van der Waals surface area (Å²) in [5, 5.41) is 2.72. The molecule has 0 fully saturated rings. The number of benzene rings is 1. The van der Waals surface area contributed by atoms with Crippen LogP contribution in [0.2, 0.25) is 0 Å². The van der Waals surface area contributed by atoms with E-state index in [0.717, 1.165) is 16.6 Å². The van der Waals surface area contributed by atoms with E-state index in [1.807, 2.05) is 17.7 Å². The van der Waals surface area contributed by atoms with Crippen LogP contribution in [0.1, 0.15) is 12.6 Å². The van der Waals surface area contributed by atoms with Crippen LogP contribution in [-0.2, 0) is 32.7 Å². The highest BCUT2D eigenvalue weighted by atomic mass is 32.1. The number of amides is 1. The number of carbonyl (C=O) groups is 2. The summed E-state index contributed by atoms with van der Waals surface area (Å²) in [5.41, 5.74) is 1.35. The number of rotatable bonds is 11. The molecule has 0 aliphatic carbocycles. The molecule has 0 saturated heterocycles. The lowest BCUT2D eigenvalue weighted by Gasteiger charge is -2.22. The number of esters is 1. The third-order valence-corrected chi connectivity index (χ3v) is 6.73. The van der Waals surface area contributed by atoms with Gasteiger partial charge < -0.3 is 23.7 Å². The highest BCUT2D eigenvalue weighted by molar-refractivity contribution is 7.22. The fourth-order valence-corrected chi connectivity index (χ4v) is 4.72. The molecule has 0 spiro atoms. The zero-order valence-corrected chi connectivity index (χ0v) is 21.7. The van der Waals surface area contributed by atoms with E-state index in [9.17, 15) is 18.9 Å². The van der Waals surface area contributed by atoms with Gasteiger partial charge in [-0.15, -0.1) is 16.2 Å². The maximum Gasteiger partial charge on any atom is 0.303 e. The van der Waals surface area contributed by atoms with Crippen LogP contribution in [0.15, 0.2) is 47.9 Å². The van der Waals surface area contributed by atoms with Gasteiger partial charge in [0.15, 0.2) is 18.2 Å². The van der Waals surface area contributed by atoms with Crippen molar-refractivity contribution in [2.24, 2.45) is 12.2 Å². The molecule has 198 valence electrons. The second-order valence-corrected chi connectivity index (χ2v) is 9.21. The molecule has 38 heavy (non-hydrogen) atoms. The molecule has 1 amide bonds. The lowest BCUT2D eigenvalue weighted by molar-refractivity contribution is -0.150. The van der Waals surface area contributed by atoms with E-state index in [-0.39, 0.29) is 30.5 Å². The lowest BCUT2D eigenvalue weighted by Crippen LogP contribution is -2.37. The SMILES string of the molecule is COCCN(Cc1cnc(-c2cc3nccc(Oc4ccc(N=O)cc4F)c3s2)n1C)C(=O)COC(C)=O. The monoisotopic (exact) mass is 541 g/mol. The van der Waals surface area contributed by atoms with Gasteiger partial charge in [0, 0.05) is 46.0 Å². The number of methoxy groups -OCH3 is 1. The number of thiophene rings is 1. The van der Waals surface area contributed by atoms with E-state index >= 15 is 0 Å². The van der Waals surface area contributed by atoms with Gasteiger partial charge in [-0.25, -0.2) is 9.37 Å². The van der Waals surface area contributed by atoms with Crippen molar-refractivity contribution in [2.75, 3.05) is 26.9 Å². The van der Waals surface area contributed by atoms with Crippen molar-refractivity contribution in [1.29, 1.82) is 0 Å². The van der Waals surface area contributed by atoms with E-state index in [0.29, 0.717) is 34.9 Å². The predicted octanol–water partition coefficient (Wildman–Crippen LogP) is 4.56. The molecule has 1 aromatic carbocycles. The summed E-state index contributed by atoms with van der Waals surface area (Å²) in [6.07, 6.45) is 3.22. The van der Waals surface area contributed by atoms with Gasteiger partial charge in [-0.3, -0.25) is 14.6 Å². The number of nitrogens with zero attached hydrogens (tertiary/aromatic N) is 5. The minimum absolute atomic E-state index is 0.0346. The number of hydrogen-bond acceptors (Lipinski definition) is 10. The molecule has 0 atom stereocenters. The Bertz CT molecular complexity index is 1490. The van der Waals surface area contributed by atoms with Gasteiger partial charge in [0.25, 0.3) is 5.91 Å². The maximum atomic E-state index is 14.4. The molecule has 3 aromatic heterocycles. The number of aromatic nitrogens is 3. The van der Waals surface area contributed by atoms with Crippen molar-refractivity contribution in [1.82, 2.24) is 19.4 Å². The summed E-state index contributed by atoms with van der Waals surface area (Å²) in [6, 6.07) is 7.19. The van der Waals surface area contributed by atoms with Crippen LogP contribution in [0.3, 0.4) is 0 Å². The molecule has 0 radical (unpaired) electrons. The van der Waals surface area contributed by atoms with Gasteiger partial charge in [-0.2, -0.15) is 0 Å². The Balaban J connectivity index is 1.59. The molecule has 0 N–H and O–H groups in total. The van der Waals surface area contributed by atoms with E-state index in [1.165, 1.54) is 42.4 Å². The first-order valence-electron chi connectivity index (χ1n) is 11.4. The summed E-state index contributed by atoms with van der Waals surface area (Å²) < 4.78 is 32.7.